The average molecular weight is 644 g/mol. The van der Waals surface area contributed by atoms with Crippen molar-refractivity contribution >= 4 is 11.6 Å². The highest BCUT2D eigenvalue weighted by molar-refractivity contribution is 6.04. The lowest BCUT2D eigenvalue weighted by molar-refractivity contribution is -0.253. The van der Waals surface area contributed by atoms with Crippen LogP contribution in [0.15, 0.2) is 73.1 Å². The Hall–Kier alpha value is -3.10. The zero-order valence-electron chi connectivity index (χ0n) is 28.7. The Morgan fingerprint density at radius 3 is 2.02 bits per heavy atom. The van der Waals surface area contributed by atoms with Gasteiger partial charge in [-0.3, -0.25) is 9.78 Å². The SMILES string of the molecule is CCCCCCCCN(CCCCCCCC)C[C@H]1C[C@@H](c2ccc(CO)cc2)O[C@@H](c2ccc(NC(=O)c3cccnc3)cc2)O1. The third-order valence-corrected chi connectivity index (χ3v) is 9.10. The van der Waals surface area contributed by atoms with Crippen molar-refractivity contribution < 1.29 is 19.4 Å². The van der Waals surface area contributed by atoms with Crippen molar-refractivity contribution in [3.63, 3.8) is 0 Å². The summed E-state index contributed by atoms with van der Waals surface area (Å²) in [5.74, 6) is -0.196. The van der Waals surface area contributed by atoms with Gasteiger partial charge in [0.2, 0.25) is 0 Å². The number of aliphatic hydroxyl groups excluding tert-OH is 1. The molecule has 1 amide bonds. The molecule has 2 heterocycles. The maximum absolute atomic E-state index is 12.7. The van der Waals surface area contributed by atoms with Gasteiger partial charge in [0.25, 0.3) is 5.91 Å². The number of aromatic nitrogens is 1. The number of amides is 1. The summed E-state index contributed by atoms with van der Waals surface area (Å²) in [5.41, 5.74) is 4.13. The second kappa shape index (κ2) is 21.0. The fourth-order valence-electron chi connectivity index (χ4n) is 6.27. The van der Waals surface area contributed by atoms with Crippen molar-refractivity contribution in [3.05, 3.63) is 95.3 Å². The van der Waals surface area contributed by atoms with Crippen LogP contribution in [-0.4, -0.2) is 46.6 Å². The monoisotopic (exact) mass is 643 g/mol. The van der Waals surface area contributed by atoms with Crippen LogP contribution in [0.2, 0.25) is 0 Å². The molecule has 1 aliphatic heterocycles. The van der Waals surface area contributed by atoms with E-state index in [1.165, 1.54) is 77.0 Å². The second-order valence-electron chi connectivity index (χ2n) is 13.0. The van der Waals surface area contributed by atoms with Crippen LogP contribution < -0.4 is 5.32 Å². The van der Waals surface area contributed by atoms with E-state index >= 15 is 0 Å². The van der Waals surface area contributed by atoms with Gasteiger partial charge in [0.05, 0.1) is 24.4 Å². The van der Waals surface area contributed by atoms with E-state index in [-0.39, 0.29) is 24.7 Å². The van der Waals surface area contributed by atoms with Crippen LogP contribution in [-0.2, 0) is 16.1 Å². The van der Waals surface area contributed by atoms with Crippen LogP contribution in [0, 0.1) is 0 Å². The minimum absolute atomic E-state index is 0.0152. The average Bonchev–Trinajstić information content (AvgIpc) is 3.11. The van der Waals surface area contributed by atoms with Crippen molar-refractivity contribution in [2.24, 2.45) is 0 Å². The van der Waals surface area contributed by atoms with Gasteiger partial charge < -0.3 is 24.8 Å². The van der Waals surface area contributed by atoms with E-state index in [0.29, 0.717) is 11.3 Å². The first-order valence-corrected chi connectivity index (χ1v) is 18.1. The Labute approximate surface area is 283 Å². The largest absolute Gasteiger partial charge is 0.392 e. The Kier molecular flexibility index (Phi) is 16.4. The summed E-state index contributed by atoms with van der Waals surface area (Å²) in [6.07, 6.45) is 18.9. The fraction of sp³-hybridized carbons (Fsp3) is 0.550. The molecule has 1 aromatic heterocycles. The number of aliphatic hydroxyl groups is 1. The first-order valence-electron chi connectivity index (χ1n) is 18.1. The van der Waals surface area contributed by atoms with Gasteiger partial charge in [-0.05, 0) is 61.3 Å². The molecule has 1 saturated heterocycles. The summed E-state index contributed by atoms with van der Waals surface area (Å²) >= 11 is 0. The molecule has 3 aromatic rings. The van der Waals surface area contributed by atoms with E-state index in [9.17, 15) is 9.90 Å². The maximum atomic E-state index is 12.7. The first-order chi connectivity index (χ1) is 23.1. The predicted octanol–water partition coefficient (Wildman–Crippen LogP) is 9.39. The molecule has 3 atom stereocenters. The summed E-state index contributed by atoms with van der Waals surface area (Å²) in [4.78, 5) is 19.3. The quantitative estimate of drug-likeness (QED) is 0.113. The molecule has 47 heavy (non-hydrogen) atoms. The Bertz CT molecular complexity index is 1250. The molecule has 256 valence electrons. The van der Waals surface area contributed by atoms with E-state index in [1.807, 2.05) is 36.4 Å². The molecule has 0 radical (unpaired) electrons. The summed E-state index contributed by atoms with van der Waals surface area (Å²) < 4.78 is 13.3. The number of carbonyl (C=O) groups is 1. The van der Waals surface area contributed by atoms with E-state index in [4.69, 9.17) is 9.47 Å². The summed E-state index contributed by atoms with van der Waals surface area (Å²) in [7, 11) is 0. The molecule has 0 unspecified atom stereocenters. The molecule has 1 fully saturated rings. The molecule has 0 bridgehead atoms. The number of pyridine rings is 1. The van der Waals surface area contributed by atoms with Crippen LogP contribution in [0.4, 0.5) is 5.69 Å². The zero-order valence-corrected chi connectivity index (χ0v) is 28.7. The molecular weight excluding hydrogens is 586 g/mol. The molecule has 0 saturated carbocycles. The second-order valence-corrected chi connectivity index (χ2v) is 13.0. The minimum Gasteiger partial charge on any atom is -0.392 e. The van der Waals surface area contributed by atoms with Crippen LogP contribution in [0.1, 0.15) is 137 Å². The number of nitrogens with zero attached hydrogens (tertiary/aromatic N) is 2. The van der Waals surface area contributed by atoms with E-state index in [1.54, 1.807) is 24.5 Å². The normalized spacial score (nSPS) is 18.0. The highest BCUT2D eigenvalue weighted by atomic mass is 16.7. The topological polar surface area (TPSA) is 83.9 Å². The van der Waals surface area contributed by atoms with Gasteiger partial charge in [-0.25, -0.2) is 0 Å². The fourth-order valence-corrected chi connectivity index (χ4v) is 6.27. The molecule has 1 aliphatic rings. The third kappa shape index (κ3) is 12.8. The van der Waals surface area contributed by atoms with Gasteiger partial charge in [-0.1, -0.05) is 114 Å². The van der Waals surface area contributed by atoms with Crippen LogP contribution in [0.5, 0.6) is 0 Å². The van der Waals surface area contributed by atoms with Gasteiger partial charge >= 0.3 is 0 Å². The summed E-state index contributed by atoms with van der Waals surface area (Å²) in [5, 5.41) is 12.5. The molecule has 7 heteroatoms. The number of nitrogens with one attached hydrogen (secondary N) is 1. The number of benzene rings is 2. The Morgan fingerprint density at radius 2 is 1.43 bits per heavy atom. The lowest BCUT2D eigenvalue weighted by atomic mass is 9.99. The number of anilines is 1. The smallest absolute Gasteiger partial charge is 0.257 e. The van der Waals surface area contributed by atoms with Crippen molar-refractivity contribution in [1.29, 1.82) is 0 Å². The van der Waals surface area contributed by atoms with E-state index < -0.39 is 6.29 Å². The third-order valence-electron chi connectivity index (χ3n) is 9.10. The molecule has 0 spiro atoms. The van der Waals surface area contributed by atoms with Gasteiger partial charge in [0, 0.05) is 36.6 Å². The number of hydrogen-bond acceptors (Lipinski definition) is 6. The molecule has 4 rings (SSSR count). The lowest BCUT2D eigenvalue weighted by Crippen LogP contribution is -2.40. The van der Waals surface area contributed by atoms with Crippen LogP contribution in [0.3, 0.4) is 0 Å². The molecule has 0 aliphatic carbocycles. The van der Waals surface area contributed by atoms with E-state index in [0.717, 1.165) is 42.7 Å². The number of carbonyl (C=O) groups excluding carboxylic acids is 1. The standard InChI is InChI=1S/C40H57N3O4/c1-3-5-7-9-11-13-26-43(27-14-12-10-8-6-4-2)30-37-28-38(33-19-17-32(31-44)18-20-33)47-40(46-37)34-21-23-36(24-22-34)42-39(45)35-16-15-25-41-29-35/h15-25,29,37-38,40,44H,3-14,26-28,30-31H2,1-2H3,(H,42,45)/t37-,38+,40+/m1/s1. The van der Waals surface area contributed by atoms with Gasteiger partial charge in [0.1, 0.15) is 0 Å². The Morgan fingerprint density at radius 1 is 0.809 bits per heavy atom. The van der Waals surface area contributed by atoms with Crippen molar-refractivity contribution in [3.8, 4) is 0 Å². The number of unbranched alkanes of at least 4 members (excludes halogenated alkanes) is 10. The van der Waals surface area contributed by atoms with Crippen molar-refractivity contribution in [1.82, 2.24) is 9.88 Å². The Balaban J connectivity index is 1.44. The zero-order chi connectivity index (χ0) is 33.1. The molecular formula is C40H57N3O4. The minimum atomic E-state index is -0.524. The first kappa shape index (κ1) is 36.7. The van der Waals surface area contributed by atoms with Crippen molar-refractivity contribution in [2.45, 2.75) is 122 Å². The van der Waals surface area contributed by atoms with Crippen LogP contribution in [0.25, 0.3) is 0 Å². The van der Waals surface area contributed by atoms with Gasteiger partial charge in [0.15, 0.2) is 6.29 Å². The molecule has 2 N–H and O–H groups in total. The summed E-state index contributed by atoms with van der Waals surface area (Å²) in [6.45, 7) is 7.66. The number of ether oxygens (including phenoxy) is 2. The highest BCUT2D eigenvalue weighted by Gasteiger charge is 2.33. The van der Waals surface area contributed by atoms with Gasteiger partial charge in [-0.2, -0.15) is 0 Å². The highest BCUT2D eigenvalue weighted by Crippen LogP contribution is 2.38. The maximum Gasteiger partial charge on any atom is 0.257 e. The summed E-state index contributed by atoms with van der Waals surface area (Å²) in [6, 6.07) is 19.3. The van der Waals surface area contributed by atoms with Gasteiger partial charge in [-0.15, -0.1) is 0 Å². The van der Waals surface area contributed by atoms with E-state index in [2.05, 4.69) is 41.2 Å². The van der Waals surface area contributed by atoms with Crippen LogP contribution >= 0.6 is 0 Å². The lowest BCUT2D eigenvalue weighted by Gasteiger charge is -2.38. The number of hydrogen-bond donors (Lipinski definition) is 2. The molecule has 2 aromatic carbocycles. The van der Waals surface area contributed by atoms with Crippen molar-refractivity contribution in [2.75, 3.05) is 25.0 Å². The molecule has 7 nitrogen and oxygen atoms in total. The predicted molar refractivity (Wildman–Crippen MR) is 190 cm³/mol. The number of rotatable bonds is 21.